The molecule has 108 valence electrons. The fourth-order valence-electron chi connectivity index (χ4n) is 3.35. The summed E-state index contributed by atoms with van der Waals surface area (Å²) in [5.74, 6) is 1.56. The highest BCUT2D eigenvalue weighted by Crippen LogP contribution is 2.25. The molecule has 4 heteroatoms. The monoisotopic (exact) mass is 273 g/mol. The maximum absolute atomic E-state index is 12.2. The summed E-state index contributed by atoms with van der Waals surface area (Å²) in [7, 11) is 0. The second-order valence-corrected chi connectivity index (χ2v) is 5.96. The first-order valence-electron chi connectivity index (χ1n) is 7.79. The van der Waals surface area contributed by atoms with Gasteiger partial charge < -0.3 is 10.2 Å². The lowest BCUT2D eigenvalue weighted by atomic mass is 10.0. The zero-order valence-electron chi connectivity index (χ0n) is 11.9. The van der Waals surface area contributed by atoms with E-state index in [4.69, 9.17) is 0 Å². The van der Waals surface area contributed by atoms with Crippen molar-refractivity contribution in [3.63, 3.8) is 0 Å². The number of nitrogens with one attached hydrogen (secondary N) is 1. The van der Waals surface area contributed by atoms with E-state index >= 15 is 0 Å². The number of rotatable bonds is 3. The molecular formula is C16H23N3O. The standard InChI is InChI=1S/C16H23N3O/c20-16(13-6-1-2-7-13)18-14-8-5-11-19(12-14)15-9-3-4-10-17-15/h3-4,9-10,13-14H,1-2,5-8,11-12H2,(H,18,20)/t14-/m0/s1. The number of pyridine rings is 1. The smallest absolute Gasteiger partial charge is 0.223 e. The van der Waals surface area contributed by atoms with E-state index in [0.717, 1.165) is 44.6 Å². The lowest BCUT2D eigenvalue weighted by molar-refractivity contribution is -0.125. The number of piperidine rings is 1. The van der Waals surface area contributed by atoms with Crippen molar-refractivity contribution in [3.05, 3.63) is 24.4 Å². The predicted molar refractivity (Wildman–Crippen MR) is 79.6 cm³/mol. The Morgan fingerprint density at radius 3 is 2.80 bits per heavy atom. The zero-order chi connectivity index (χ0) is 13.8. The van der Waals surface area contributed by atoms with Crippen molar-refractivity contribution < 1.29 is 4.79 Å². The van der Waals surface area contributed by atoms with E-state index in [1.54, 1.807) is 0 Å². The van der Waals surface area contributed by atoms with E-state index in [1.807, 2.05) is 24.4 Å². The summed E-state index contributed by atoms with van der Waals surface area (Å²) >= 11 is 0. The first-order chi connectivity index (χ1) is 9.83. The lowest BCUT2D eigenvalue weighted by Crippen LogP contribution is -2.49. The van der Waals surface area contributed by atoms with Crippen LogP contribution in [0.15, 0.2) is 24.4 Å². The van der Waals surface area contributed by atoms with Crippen LogP contribution in [0.2, 0.25) is 0 Å². The quantitative estimate of drug-likeness (QED) is 0.919. The molecule has 0 spiro atoms. The first kappa shape index (κ1) is 13.4. The van der Waals surface area contributed by atoms with Crippen LogP contribution in [-0.4, -0.2) is 30.0 Å². The number of carbonyl (C=O) groups excluding carboxylic acids is 1. The largest absolute Gasteiger partial charge is 0.355 e. The number of hydrogen-bond acceptors (Lipinski definition) is 3. The fourth-order valence-corrected chi connectivity index (χ4v) is 3.35. The van der Waals surface area contributed by atoms with Crippen LogP contribution in [0.1, 0.15) is 38.5 Å². The van der Waals surface area contributed by atoms with Crippen LogP contribution in [0.5, 0.6) is 0 Å². The van der Waals surface area contributed by atoms with Gasteiger partial charge in [0.2, 0.25) is 5.91 Å². The third-order valence-electron chi connectivity index (χ3n) is 4.47. The molecule has 1 N–H and O–H groups in total. The van der Waals surface area contributed by atoms with Crippen LogP contribution >= 0.6 is 0 Å². The Balaban J connectivity index is 1.56. The predicted octanol–water partition coefficient (Wildman–Crippen LogP) is 2.36. The molecule has 1 aromatic rings. The fraction of sp³-hybridized carbons (Fsp3) is 0.625. The Morgan fingerprint density at radius 1 is 1.20 bits per heavy atom. The summed E-state index contributed by atoms with van der Waals surface area (Å²) in [5, 5.41) is 3.25. The first-order valence-corrected chi connectivity index (χ1v) is 7.79. The number of anilines is 1. The third-order valence-corrected chi connectivity index (χ3v) is 4.47. The molecule has 0 bridgehead atoms. The molecule has 4 nitrogen and oxygen atoms in total. The molecule has 0 unspecified atom stereocenters. The van der Waals surface area contributed by atoms with E-state index in [1.165, 1.54) is 12.8 Å². The Hall–Kier alpha value is -1.58. The van der Waals surface area contributed by atoms with Gasteiger partial charge in [-0.1, -0.05) is 18.9 Å². The van der Waals surface area contributed by atoms with Crippen LogP contribution in [-0.2, 0) is 4.79 Å². The molecule has 0 aromatic carbocycles. The van der Waals surface area contributed by atoms with Crippen LogP contribution in [0.3, 0.4) is 0 Å². The van der Waals surface area contributed by atoms with Gasteiger partial charge >= 0.3 is 0 Å². The summed E-state index contributed by atoms with van der Waals surface area (Å²) in [4.78, 5) is 18.9. The van der Waals surface area contributed by atoms with Gasteiger partial charge in [-0.3, -0.25) is 4.79 Å². The van der Waals surface area contributed by atoms with Gasteiger partial charge in [0.25, 0.3) is 0 Å². The van der Waals surface area contributed by atoms with E-state index < -0.39 is 0 Å². The number of aromatic nitrogens is 1. The van der Waals surface area contributed by atoms with Gasteiger partial charge in [0.15, 0.2) is 0 Å². The van der Waals surface area contributed by atoms with E-state index in [0.29, 0.717) is 0 Å². The summed E-state index contributed by atoms with van der Waals surface area (Å²) in [5.41, 5.74) is 0. The minimum atomic E-state index is 0.264. The lowest BCUT2D eigenvalue weighted by Gasteiger charge is -2.34. The average Bonchev–Trinajstić information content (AvgIpc) is 3.03. The van der Waals surface area contributed by atoms with Gasteiger partial charge in [-0.25, -0.2) is 4.98 Å². The SMILES string of the molecule is O=C(N[C@H]1CCCN(c2ccccn2)C1)C1CCCC1. The second kappa shape index (κ2) is 6.25. The highest BCUT2D eigenvalue weighted by atomic mass is 16.1. The van der Waals surface area contributed by atoms with Crippen LogP contribution in [0.25, 0.3) is 0 Å². The summed E-state index contributed by atoms with van der Waals surface area (Å²) in [6.45, 7) is 1.92. The number of hydrogen-bond donors (Lipinski definition) is 1. The normalized spacial score (nSPS) is 23.8. The second-order valence-electron chi connectivity index (χ2n) is 5.96. The Kier molecular flexibility index (Phi) is 4.19. The van der Waals surface area contributed by atoms with E-state index in [-0.39, 0.29) is 17.9 Å². The highest BCUT2D eigenvalue weighted by molar-refractivity contribution is 5.79. The molecule has 0 radical (unpaired) electrons. The van der Waals surface area contributed by atoms with Crippen molar-refractivity contribution in [1.29, 1.82) is 0 Å². The molecule has 1 atom stereocenters. The van der Waals surface area contributed by atoms with Gasteiger partial charge in [-0.2, -0.15) is 0 Å². The average molecular weight is 273 g/mol. The zero-order valence-corrected chi connectivity index (χ0v) is 11.9. The number of amides is 1. The highest BCUT2D eigenvalue weighted by Gasteiger charge is 2.27. The molecule has 2 heterocycles. The van der Waals surface area contributed by atoms with Crippen LogP contribution in [0, 0.1) is 5.92 Å². The topological polar surface area (TPSA) is 45.2 Å². The van der Waals surface area contributed by atoms with Gasteiger partial charge in [-0.15, -0.1) is 0 Å². The molecule has 1 amide bonds. The molecule has 1 aromatic heterocycles. The molecular weight excluding hydrogens is 250 g/mol. The summed E-state index contributed by atoms with van der Waals surface area (Å²) in [6.07, 6.45) is 8.60. The Labute approximate surface area is 120 Å². The van der Waals surface area contributed by atoms with Gasteiger partial charge in [-0.05, 0) is 37.8 Å². The molecule has 1 saturated carbocycles. The van der Waals surface area contributed by atoms with E-state index in [2.05, 4.69) is 15.2 Å². The van der Waals surface area contributed by atoms with Crippen molar-refractivity contribution in [1.82, 2.24) is 10.3 Å². The molecule has 3 rings (SSSR count). The van der Waals surface area contributed by atoms with Crippen molar-refractivity contribution in [2.75, 3.05) is 18.0 Å². The molecule has 2 aliphatic rings. The van der Waals surface area contributed by atoms with Crippen LogP contribution in [0.4, 0.5) is 5.82 Å². The molecule has 2 fully saturated rings. The third kappa shape index (κ3) is 3.11. The molecule has 1 aliphatic heterocycles. The number of carbonyl (C=O) groups is 1. The van der Waals surface area contributed by atoms with E-state index in [9.17, 15) is 4.79 Å². The van der Waals surface area contributed by atoms with Crippen molar-refractivity contribution >= 4 is 11.7 Å². The Morgan fingerprint density at radius 2 is 2.05 bits per heavy atom. The Bertz CT molecular complexity index is 442. The van der Waals surface area contributed by atoms with Gasteiger partial charge in [0, 0.05) is 31.2 Å². The maximum Gasteiger partial charge on any atom is 0.223 e. The minimum absolute atomic E-state index is 0.264. The number of nitrogens with zero attached hydrogens (tertiary/aromatic N) is 2. The summed E-state index contributed by atoms with van der Waals surface area (Å²) in [6, 6.07) is 6.27. The summed E-state index contributed by atoms with van der Waals surface area (Å²) < 4.78 is 0. The minimum Gasteiger partial charge on any atom is -0.355 e. The molecule has 1 aliphatic carbocycles. The van der Waals surface area contributed by atoms with Crippen LogP contribution < -0.4 is 10.2 Å². The molecule has 1 saturated heterocycles. The molecule has 20 heavy (non-hydrogen) atoms. The van der Waals surface area contributed by atoms with Crippen molar-refractivity contribution in [2.24, 2.45) is 5.92 Å². The maximum atomic E-state index is 12.2. The van der Waals surface area contributed by atoms with Crippen molar-refractivity contribution in [2.45, 2.75) is 44.6 Å². The van der Waals surface area contributed by atoms with Gasteiger partial charge in [0.1, 0.15) is 5.82 Å². The van der Waals surface area contributed by atoms with Gasteiger partial charge in [0.05, 0.1) is 0 Å². The van der Waals surface area contributed by atoms with Crippen molar-refractivity contribution in [3.8, 4) is 0 Å².